The summed E-state index contributed by atoms with van der Waals surface area (Å²) in [5.74, 6) is -1.71. The number of nitrogens with zero attached hydrogens (tertiary/aromatic N) is 2. The van der Waals surface area contributed by atoms with E-state index in [4.69, 9.17) is 14.9 Å². The van der Waals surface area contributed by atoms with Crippen LogP contribution >= 0.6 is 31.9 Å². The minimum Gasteiger partial charge on any atom is -0.494 e. The molecule has 0 aliphatic carbocycles. The smallest absolute Gasteiger partial charge is 0.324 e. The van der Waals surface area contributed by atoms with Crippen molar-refractivity contribution < 1.29 is 24.5 Å². The number of aliphatic carboxylic acids is 2. The highest BCUT2D eigenvalue weighted by Gasteiger charge is 2.11. The molecule has 9 heteroatoms. The van der Waals surface area contributed by atoms with Crippen LogP contribution in [0.25, 0.3) is 0 Å². The van der Waals surface area contributed by atoms with Gasteiger partial charge in [0.1, 0.15) is 18.8 Å². The van der Waals surface area contributed by atoms with Crippen LogP contribution < -0.4 is 4.74 Å². The lowest BCUT2D eigenvalue weighted by Crippen LogP contribution is -2.30. The zero-order valence-corrected chi connectivity index (χ0v) is 14.1. The SMILES string of the molecule is COc1c(Br)cc(/C=N\N(CC(=O)O)CC(=O)O)cc1Br. The molecule has 0 saturated carbocycles. The van der Waals surface area contributed by atoms with Gasteiger partial charge in [0.05, 0.1) is 22.3 Å². The number of carboxylic acid groups (broad SMARTS) is 2. The molecule has 2 N–H and O–H groups in total. The fraction of sp³-hybridized carbons (Fsp3) is 0.250. The second-order valence-electron chi connectivity index (χ2n) is 3.87. The number of rotatable bonds is 7. The van der Waals surface area contributed by atoms with Crippen LogP contribution in [0.4, 0.5) is 0 Å². The van der Waals surface area contributed by atoms with Gasteiger partial charge < -0.3 is 14.9 Å². The van der Waals surface area contributed by atoms with Gasteiger partial charge in [0, 0.05) is 0 Å². The summed E-state index contributed by atoms with van der Waals surface area (Å²) in [7, 11) is 1.53. The molecule has 21 heavy (non-hydrogen) atoms. The van der Waals surface area contributed by atoms with Gasteiger partial charge in [-0.3, -0.25) is 14.6 Å². The van der Waals surface area contributed by atoms with E-state index in [0.717, 1.165) is 5.01 Å². The Morgan fingerprint density at radius 1 is 1.24 bits per heavy atom. The Balaban J connectivity index is 2.95. The Morgan fingerprint density at radius 2 is 1.71 bits per heavy atom. The van der Waals surface area contributed by atoms with Crippen molar-refractivity contribution in [2.24, 2.45) is 5.10 Å². The van der Waals surface area contributed by atoms with Crippen molar-refractivity contribution in [2.75, 3.05) is 20.2 Å². The topological polar surface area (TPSA) is 99.4 Å². The molecule has 0 aliphatic rings. The maximum absolute atomic E-state index is 10.7. The largest absolute Gasteiger partial charge is 0.494 e. The van der Waals surface area contributed by atoms with Crippen molar-refractivity contribution in [3.8, 4) is 5.75 Å². The second kappa shape index (κ2) is 7.99. The van der Waals surface area contributed by atoms with Crippen LogP contribution in [0, 0.1) is 0 Å². The monoisotopic (exact) mass is 422 g/mol. The highest BCUT2D eigenvalue weighted by Crippen LogP contribution is 2.33. The third-order valence-corrected chi connectivity index (χ3v) is 3.41. The molecule has 0 saturated heterocycles. The number of benzene rings is 1. The third-order valence-electron chi connectivity index (χ3n) is 2.23. The summed E-state index contributed by atoms with van der Waals surface area (Å²) in [6.07, 6.45) is 1.38. The molecule has 0 aliphatic heterocycles. The van der Waals surface area contributed by atoms with E-state index in [0.29, 0.717) is 20.3 Å². The number of hydrogen-bond acceptors (Lipinski definition) is 5. The molecule has 0 radical (unpaired) electrons. The van der Waals surface area contributed by atoms with Crippen LogP contribution in [0.15, 0.2) is 26.2 Å². The van der Waals surface area contributed by atoms with E-state index in [1.54, 1.807) is 12.1 Å². The van der Waals surface area contributed by atoms with E-state index in [-0.39, 0.29) is 0 Å². The van der Waals surface area contributed by atoms with E-state index in [9.17, 15) is 9.59 Å². The molecule has 114 valence electrons. The van der Waals surface area contributed by atoms with E-state index in [2.05, 4.69) is 37.0 Å². The van der Waals surface area contributed by atoms with Gasteiger partial charge in [0.2, 0.25) is 0 Å². The maximum Gasteiger partial charge on any atom is 0.324 e. The molecular formula is C12H12Br2N2O5. The average Bonchev–Trinajstić information content (AvgIpc) is 2.34. The quantitative estimate of drug-likeness (QED) is 0.514. The summed E-state index contributed by atoms with van der Waals surface area (Å²) < 4.78 is 6.53. The number of carboxylic acids is 2. The number of ether oxygens (including phenoxy) is 1. The van der Waals surface area contributed by atoms with Crippen molar-refractivity contribution in [2.45, 2.75) is 0 Å². The van der Waals surface area contributed by atoms with Gasteiger partial charge in [-0.25, -0.2) is 0 Å². The lowest BCUT2D eigenvalue weighted by atomic mass is 10.2. The van der Waals surface area contributed by atoms with E-state index >= 15 is 0 Å². The van der Waals surface area contributed by atoms with Gasteiger partial charge in [0.15, 0.2) is 0 Å². The first-order valence-electron chi connectivity index (χ1n) is 5.59. The molecule has 0 amide bonds. The summed E-state index contributed by atoms with van der Waals surface area (Å²) >= 11 is 6.65. The minimum absolute atomic E-state index is 0.499. The summed E-state index contributed by atoms with van der Waals surface area (Å²) in [4.78, 5) is 21.3. The van der Waals surface area contributed by atoms with Crippen LogP contribution in [0.2, 0.25) is 0 Å². The van der Waals surface area contributed by atoms with Gasteiger partial charge in [-0.2, -0.15) is 5.10 Å². The van der Waals surface area contributed by atoms with Gasteiger partial charge in [-0.15, -0.1) is 0 Å². The Labute approximate surface area is 137 Å². The molecule has 7 nitrogen and oxygen atoms in total. The van der Waals surface area contributed by atoms with E-state index in [1.165, 1.54) is 13.3 Å². The van der Waals surface area contributed by atoms with Gasteiger partial charge in [0.25, 0.3) is 0 Å². The van der Waals surface area contributed by atoms with E-state index in [1.807, 2.05) is 0 Å². The zero-order chi connectivity index (χ0) is 16.0. The molecule has 0 spiro atoms. The van der Waals surface area contributed by atoms with Crippen molar-refractivity contribution in [1.82, 2.24) is 5.01 Å². The molecule has 0 aromatic heterocycles. The van der Waals surface area contributed by atoms with Gasteiger partial charge in [-0.05, 0) is 49.6 Å². The van der Waals surface area contributed by atoms with Crippen LogP contribution in [0.3, 0.4) is 0 Å². The Hall–Kier alpha value is -1.61. The molecule has 0 bridgehead atoms. The highest BCUT2D eigenvalue weighted by atomic mass is 79.9. The van der Waals surface area contributed by atoms with Crippen molar-refractivity contribution in [3.63, 3.8) is 0 Å². The minimum atomic E-state index is -1.16. The normalized spacial score (nSPS) is 10.6. The molecule has 0 unspecified atom stereocenters. The fourth-order valence-electron chi connectivity index (χ4n) is 1.45. The highest BCUT2D eigenvalue weighted by molar-refractivity contribution is 9.11. The third kappa shape index (κ3) is 5.72. The van der Waals surface area contributed by atoms with Gasteiger partial charge >= 0.3 is 11.9 Å². The second-order valence-corrected chi connectivity index (χ2v) is 5.58. The predicted octanol–water partition coefficient (Wildman–Crippen LogP) is 2.03. The summed E-state index contributed by atoms with van der Waals surface area (Å²) in [6, 6.07) is 3.43. The molecule has 0 heterocycles. The number of hydrogen-bond donors (Lipinski definition) is 2. The number of carbonyl (C=O) groups is 2. The zero-order valence-electron chi connectivity index (χ0n) is 10.9. The Morgan fingerprint density at radius 3 is 2.10 bits per heavy atom. The molecule has 1 aromatic carbocycles. The first kappa shape index (κ1) is 17.4. The summed E-state index contributed by atoms with van der Waals surface area (Å²) in [5.41, 5.74) is 0.648. The molecule has 1 rings (SSSR count). The van der Waals surface area contributed by atoms with Crippen molar-refractivity contribution in [3.05, 3.63) is 26.6 Å². The van der Waals surface area contributed by atoms with Crippen LogP contribution in [0.1, 0.15) is 5.56 Å². The van der Waals surface area contributed by atoms with Crippen molar-refractivity contribution in [1.29, 1.82) is 0 Å². The Kier molecular flexibility index (Phi) is 6.63. The summed E-state index contributed by atoms with van der Waals surface area (Å²) in [5, 5.41) is 22.2. The van der Waals surface area contributed by atoms with Crippen LogP contribution in [-0.4, -0.2) is 53.6 Å². The molecule has 0 fully saturated rings. The predicted molar refractivity (Wildman–Crippen MR) is 82.8 cm³/mol. The van der Waals surface area contributed by atoms with Crippen molar-refractivity contribution >= 4 is 50.0 Å². The van der Waals surface area contributed by atoms with Gasteiger partial charge in [-0.1, -0.05) is 0 Å². The fourth-order valence-corrected chi connectivity index (χ4v) is 2.99. The average molecular weight is 424 g/mol. The summed E-state index contributed by atoms with van der Waals surface area (Å²) in [6.45, 7) is -0.997. The standard InChI is InChI=1S/C12H12Br2N2O5/c1-21-12-8(13)2-7(3-9(12)14)4-15-16(5-10(17)18)6-11(19)20/h2-4H,5-6H2,1H3,(H,17,18)(H,19,20)/b15-4-. The van der Waals surface area contributed by atoms with E-state index < -0.39 is 25.0 Å². The van der Waals surface area contributed by atoms with Crippen LogP contribution in [0.5, 0.6) is 5.75 Å². The maximum atomic E-state index is 10.7. The Bertz CT molecular complexity index is 538. The lowest BCUT2D eigenvalue weighted by molar-refractivity contribution is -0.141. The molecular weight excluding hydrogens is 412 g/mol. The number of methoxy groups -OCH3 is 1. The lowest BCUT2D eigenvalue weighted by Gasteiger charge is -2.13. The number of halogens is 2. The number of hydrazone groups is 1. The van der Waals surface area contributed by atoms with Crippen LogP contribution in [-0.2, 0) is 9.59 Å². The first-order chi connectivity index (χ1) is 9.83. The first-order valence-corrected chi connectivity index (χ1v) is 7.17. The molecule has 1 aromatic rings. The molecule has 0 atom stereocenters.